The van der Waals surface area contributed by atoms with Crippen LogP contribution in [-0.2, 0) is 20.8 Å². The van der Waals surface area contributed by atoms with E-state index in [9.17, 15) is 14.4 Å². The molecule has 0 bridgehead atoms. The van der Waals surface area contributed by atoms with E-state index in [0.717, 1.165) is 19.3 Å². The van der Waals surface area contributed by atoms with Crippen LogP contribution in [0.15, 0.2) is 17.5 Å². The first kappa shape index (κ1) is 22.4. The number of nitrogens with one attached hydrogen (secondary N) is 1. The van der Waals surface area contributed by atoms with E-state index >= 15 is 0 Å². The van der Waals surface area contributed by atoms with Crippen molar-refractivity contribution in [3.8, 4) is 0 Å². The van der Waals surface area contributed by atoms with Crippen LogP contribution < -0.4 is 5.32 Å². The molecule has 0 aromatic carbocycles. The SMILES string of the molecule is CCN(CC)C(=O)CCCC(=O)N1CCC(C(=O)NCCc2cccs2)CC1. The molecule has 1 aliphatic heterocycles. The van der Waals surface area contributed by atoms with Gasteiger partial charge in [-0.15, -0.1) is 11.3 Å². The van der Waals surface area contributed by atoms with E-state index in [-0.39, 0.29) is 23.6 Å². The lowest BCUT2D eigenvalue weighted by Crippen LogP contribution is -2.43. The number of carbonyl (C=O) groups excluding carboxylic acids is 3. The quantitative estimate of drug-likeness (QED) is 0.648. The molecule has 7 heteroatoms. The molecular formula is C21H33N3O3S. The number of carbonyl (C=O) groups is 3. The van der Waals surface area contributed by atoms with E-state index in [2.05, 4.69) is 11.4 Å². The molecule has 0 aliphatic carbocycles. The molecule has 1 fully saturated rings. The molecule has 2 heterocycles. The number of amides is 3. The minimum Gasteiger partial charge on any atom is -0.355 e. The van der Waals surface area contributed by atoms with Gasteiger partial charge in [0.25, 0.3) is 0 Å². The van der Waals surface area contributed by atoms with Crippen LogP contribution in [0.1, 0.15) is 50.8 Å². The predicted molar refractivity (Wildman–Crippen MR) is 112 cm³/mol. The number of thiophene rings is 1. The van der Waals surface area contributed by atoms with Crippen LogP contribution in [0.3, 0.4) is 0 Å². The monoisotopic (exact) mass is 407 g/mol. The number of likely N-dealkylation sites (tertiary alicyclic amines) is 1. The van der Waals surface area contributed by atoms with Gasteiger partial charge in [-0.3, -0.25) is 14.4 Å². The molecule has 2 rings (SSSR count). The second-order valence-electron chi connectivity index (χ2n) is 7.20. The predicted octanol–water partition coefficient (Wildman–Crippen LogP) is 2.68. The van der Waals surface area contributed by atoms with Gasteiger partial charge in [-0.25, -0.2) is 0 Å². The number of hydrogen-bond acceptors (Lipinski definition) is 4. The highest BCUT2D eigenvalue weighted by Gasteiger charge is 2.27. The largest absolute Gasteiger partial charge is 0.355 e. The molecule has 0 spiro atoms. The first-order valence-electron chi connectivity index (χ1n) is 10.4. The van der Waals surface area contributed by atoms with Gasteiger partial charge < -0.3 is 15.1 Å². The van der Waals surface area contributed by atoms with Crippen molar-refractivity contribution >= 4 is 29.1 Å². The first-order chi connectivity index (χ1) is 13.5. The summed E-state index contributed by atoms with van der Waals surface area (Å²) in [6.07, 6.45) is 3.73. The maximum absolute atomic E-state index is 12.4. The Morgan fingerprint density at radius 3 is 2.50 bits per heavy atom. The number of rotatable bonds is 10. The fourth-order valence-corrected chi connectivity index (χ4v) is 4.29. The number of piperidine rings is 1. The second kappa shape index (κ2) is 11.8. The van der Waals surface area contributed by atoms with Gasteiger partial charge in [-0.05, 0) is 51.0 Å². The smallest absolute Gasteiger partial charge is 0.223 e. The standard InChI is InChI=1S/C21H33N3O3S/c1-3-23(4-2)19(25)8-5-9-20(26)24-14-11-17(12-15-24)21(27)22-13-10-18-7-6-16-28-18/h6-7,16-17H,3-5,8-15H2,1-2H3,(H,22,27). The van der Waals surface area contributed by atoms with Crippen molar-refractivity contribution in [2.24, 2.45) is 5.92 Å². The van der Waals surface area contributed by atoms with Crippen molar-refractivity contribution in [2.45, 2.75) is 52.4 Å². The maximum atomic E-state index is 12.4. The van der Waals surface area contributed by atoms with Crippen molar-refractivity contribution < 1.29 is 14.4 Å². The number of hydrogen-bond donors (Lipinski definition) is 1. The molecule has 0 atom stereocenters. The highest BCUT2D eigenvalue weighted by molar-refractivity contribution is 7.09. The normalized spacial score (nSPS) is 14.7. The molecule has 1 aromatic rings. The molecule has 28 heavy (non-hydrogen) atoms. The summed E-state index contributed by atoms with van der Waals surface area (Å²) in [5.41, 5.74) is 0. The van der Waals surface area contributed by atoms with Crippen LogP contribution in [0, 0.1) is 5.92 Å². The van der Waals surface area contributed by atoms with E-state index in [1.165, 1.54) is 4.88 Å². The van der Waals surface area contributed by atoms with Gasteiger partial charge in [0, 0.05) is 56.4 Å². The van der Waals surface area contributed by atoms with Gasteiger partial charge >= 0.3 is 0 Å². The highest BCUT2D eigenvalue weighted by atomic mass is 32.1. The Hall–Kier alpha value is -1.89. The van der Waals surface area contributed by atoms with Gasteiger partial charge in [0.15, 0.2) is 0 Å². The molecule has 1 aromatic heterocycles. The van der Waals surface area contributed by atoms with Crippen molar-refractivity contribution in [1.29, 1.82) is 0 Å². The zero-order valence-electron chi connectivity index (χ0n) is 17.1. The Kier molecular flexibility index (Phi) is 9.47. The Labute approximate surface area is 172 Å². The van der Waals surface area contributed by atoms with E-state index in [0.29, 0.717) is 52.0 Å². The summed E-state index contributed by atoms with van der Waals surface area (Å²) >= 11 is 1.71. The Morgan fingerprint density at radius 1 is 1.18 bits per heavy atom. The van der Waals surface area contributed by atoms with Crippen LogP contribution in [0.25, 0.3) is 0 Å². The fraction of sp³-hybridized carbons (Fsp3) is 0.667. The fourth-order valence-electron chi connectivity index (χ4n) is 3.58. The van der Waals surface area contributed by atoms with E-state index in [1.807, 2.05) is 30.2 Å². The molecule has 1 saturated heterocycles. The average Bonchev–Trinajstić information content (AvgIpc) is 3.22. The molecule has 0 unspecified atom stereocenters. The topological polar surface area (TPSA) is 69.7 Å². The zero-order valence-corrected chi connectivity index (χ0v) is 17.9. The van der Waals surface area contributed by atoms with E-state index in [4.69, 9.17) is 0 Å². The average molecular weight is 408 g/mol. The summed E-state index contributed by atoms with van der Waals surface area (Å²) in [5.74, 6) is 0.324. The van der Waals surface area contributed by atoms with Crippen LogP contribution in [0.2, 0.25) is 0 Å². The van der Waals surface area contributed by atoms with Crippen molar-refractivity contribution in [3.63, 3.8) is 0 Å². The van der Waals surface area contributed by atoms with Crippen LogP contribution >= 0.6 is 11.3 Å². The molecule has 0 saturated carbocycles. The van der Waals surface area contributed by atoms with Crippen LogP contribution in [-0.4, -0.2) is 60.2 Å². The Bertz CT molecular complexity index is 621. The zero-order chi connectivity index (χ0) is 20.4. The van der Waals surface area contributed by atoms with Crippen LogP contribution in [0.4, 0.5) is 0 Å². The third kappa shape index (κ3) is 6.93. The first-order valence-corrected chi connectivity index (χ1v) is 11.3. The van der Waals surface area contributed by atoms with Crippen LogP contribution in [0.5, 0.6) is 0 Å². The van der Waals surface area contributed by atoms with E-state index < -0.39 is 0 Å². The summed E-state index contributed by atoms with van der Waals surface area (Å²) in [6, 6.07) is 4.10. The molecular weight excluding hydrogens is 374 g/mol. The Balaban J connectivity index is 1.62. The lowest BCUT2D eigenvalue weighted by Gasteiger charge is -2.31. The van der Waals surface area contributed by atoms with Gasteiger partial charge in [0.2, 0.25) is 17.7 Å². The van der Waals surface area contributed by atoms with Crippen molar-refractivity contribution in [3.05, 3.63) is 22.4 Å². The minimum absolute atomic E-state index is 0.00312. The summed E-state index contributed by atoms with van der Waals surface area (Å²) in [7, 11) is 0. The van der Waals surface area contributed by atoms with Gasteiger partial charge in [0.1, 0.15) is 0 Å². The molecule has 6 nitrogen and oxygen atoms in total. The van der Waals surface area contributed by atoms with E-state index in [1.54, 1.807) is 16.2 Å². The lowest BCUT2D eigenvalue weighted by molar-refractivity contribution is -0.136. The molecule has 0 radical (unpaired) electrons. The van der Waals surface area contributed by atoms with Gasteiger partial charge in [-0.2, -0.15) is 0 Å². The molecule has 1 aliphatic rings. The third-order valence-corrected chi connectivity index (χ3v) is 6.30. The summed E-state index contributed by atoms with van der Waals surface area (Å²) in [5, 5.41) is 5.07. The maximum Gasteiger partial charge on any atom is 0.223 e. The third-order valence-electron chi connectivity index (χ3n) is 5.37. The Morgan fingerprint density at radius 2 is 1.89 bits per heavy atom. The number of nitrogens with zero attached hydrogens (tertiary/aromatic N) is 2. The van der Waals surface area contributed by atoms with Gasteiger partial charge in [-0.1, -0.05) is 6.07 Å². The molecule has 1 N–H and O–H groups in total. The second-order valence-corrected chi connectivity index (χ2v) is 8.23. The molecule has 3 amide bonds. The highest BCUT2D eigenvalue weighted by Crippen LogP contribution is 2.19. The summed E-state index contributed by atoms with van der Waals surface area (Å²) in [4.78, 5) is 41.6. The minimum atomic E-state index is -0.00312. The summed E-state index contributed by atoms with van der Waals surface area (Å²) in [6.45, 7) is 7.29. The lowest BCUT2D eigenvalue weighted by atomic mass is 9.95. The van der Waals surface area contributed by atoms with Crippen molar-refractivity contribution in [2.75, 3.05) is 32.7 Å². The van der Waals surface area contributed by atoms with Gasteiger partial charge in [0.05, 0.1) is 0 Å². The molecule has 156 valence electrons. The summed E-state index contributed by atoms with van der Waals surface area (Å²) < 4.78 is 0. The van der Waals surface area contributed by atoms with Crippen molar-refractivity contribution in [1.82, 2.24) is 15.1 Å².